The van der Waals surface area contributed by atoms with Crippen LogP contribution in [-0.4, -0.2) is 33.9 Å². The maximum Gasteiger partial charge on any atom is 0.237 e. The zero-order chi connectivity index (χ0) is 6.57. The Labute approximate surface area is 44.9 Å². The number of aliphatic imine (C=N–C) groups is 1. The third-order valence-electron chi connectivity index (χ3n) is 0.452. The van der Waals surface area contributed by atoms with Crippen LogP contribution in [-0.2, 0) is 4.79 Å². The quantitative estimate of drug-likeness (QED) is 0.222. The van der Waals surface area contributed by atoms with E-state index in [4.69, 9.17) is 15.3 Å². The fourth-order valence-electron chi connectivity index (χ4n) is 0.121. The van der Waals surface area contributed by atoms with Crippen molar-refractivity contribution in [2.45, 2.75) is 12.5 Å². The van der Waals surface area contributed by atoms with Crippen LogP contribution < -0.4 is 0 Å². The summed E-state index contributed by atoms with van der Waals surface area (Å²) in [4.78, 5) is 11.8. The molecule has 8 heavy (non-hydrogen) atoms. The van der Waals surface area contributed by atoms with Crippen molar-refractivity contribution in [3.05, 3.63) is 0 Å². The van der Waals surface area contributed by atoms with Crippen LogP contribution >= 0.6 is 0 Å². The summed E-state index contributed by atoms with van der Waals surface area (Å²) < 4.78 is 0. The zero-order valence-corrected chi connectivity index (χ0v) is 3.85. The maximum atomic E-state index is 9.25. The third-order valence-corrected chi connectivity index (χ3v) is 0.452. The number of carbonyl (C=O) groups excluding carboxylic acids is 1. The van der Waals surface area contributed by atoms with Crippen LogP contribution in [0.3, 0.4) is 0 Å². The molecule has 0 radical (unpaired) electrons. The minimum atomic E-state index is -2.00. The molecule has 0 fully saturated rings. The topological polar surface area (TPSA) is 90.1 Å². The van der Waals surface area contributed by atoms with Crippen LogP contribution in [0.1, 0.15) is 0 Å². The van der Waals surface area contributed by atoms with Gasteiger partial charge in [0.25, 0.3) is 0 Å². The highest BCUT2D eigenvalue weighted by Crippen LogP contribution is 1.86. The number of hydrogen-bond donors (Lipinski definition) is 3. The first kappa shape index (κ1) is 7.26. The second-order valence-electron chi connectivity index (χ2n) is 1.05. The molecule has 46 valence electrons. The summed E-state index contributed by atoms with van der Waals surface area (Å²) in [5, 5.41) is 24.2. The first-order valence-corrected chi connectivity index (χ1v) is 1.79. The van der Waals surface area contributed by atoms with Crippen molar-refractivity contribution in [1.82, 2.24) is 0 Å². The molecule has 0 aromatic carbocycles. The second kappa shape index (κ2) is 3.29. The van der Waals surface area contributed by atoms with Gasteiger partial charge in [-0.15, -0.1) is 0 Å². The van der Waals surface area contributed by atoms with Crippen molar-refractivity contribution in [2.75, 3.05) is 0 Å². The fraction of sp³-hybridized carbons (Fsp3) is 0.667. The predicted molar refractivity (Wildman–Crippen MR) is 22.4 cm³/mol. The average Bonchev–Trinajstić information content (AvgIpc) is 1.67. The van der Waals surface area contributed by atoms with E-state index in [-0.39, 0.29) is 0 Å². The van der Waals surface area contributed by atoms with Gasteiger partial charge in [0, 0.05) is 0 Å². The van der Waals surface area contributed by atoms with Crippen LogP contribution in [0.2, 0.25) is 0 Å². The van der Waals surface area contributed by atoms with Crippen LogP contribution in [0.25, 0.3) is 0 Å². The number of aliphatic hydroxyl groups excluding tert-OH is 2. The molecule has 5 heteroatoms. The van der Waals surface area contributed by atoms with Gasteiger partial charge in [0.1, 0.15) is 0 Å². The third kappa shape index (κ3) is 2.44. The van der Waals surface area contributed by atoms with E-state index >= 15 is 0 Å². The lowest BCUT2D eigenvalue weighted by atomic mass is 10.6. The van der Waals surface area contributed by atoms with Gasteiger partial charge in [0.15, 0.2) is 0 Å². The molecule has 0 saturated carbocycles. The predicted octanol–water partition coefficient (Wildman–Crippen LogP) is -2.05. The molecule has 0 amide bonds. The van der Waals surface area contributed by atoms with Crippen LogP contribution in [0.4, 0.5) is 0 Å². The van der Waals surface area contributed by atoms with Gasteiger partial charge >= 0.3 is 0 Å². The SMILES string of the molecule is O=C=NC(O)C(O)O. The minimum absolute atomic E-state index is 0.954. The molecule has 5 nitrogen and oxygen atoms in total. The molecule has 0 aliphatic rings. The van der Waals surface area contributed by atoms with Gasteiger partial charge in [0.2, 0.25) is 18.6 Å². The van der Waals surface area contributed by atoms with Crippen molar-refractivity contribution in [3.63, 3.8) is 0 Å². The van der Waals surface area contributed by atoms with E-state index < -0.39 is 12.5 Å². The molecule has 0 heterocycles. The highest BCUT2D eigenvalue weighted by molar-refractivity contribution is 5.33. The summed E-state index contributed by atoms with van der Waals surface area (Å²) in [6.45, 7) is 0. The lowest BCUT2D eigenvalue weighted by Gasteiger charge is -2.02. The summed E-state index contributed by atoms with van der Waals surface area (Å²) in [5.41, 5.74) is 0. The van der Waals surface area contributed by atoms with Gasteiger partial charge in [-0.2, -0.15) is 4.99 Å². The van der Waals surface area contributed by atoms with E-state index in [1.165, 1.54) is 0 Å². The lowest BCUT2D eigenvalue weighted by molar-refractivity contribution is -0.117. The molecule has 0 aliphatic carbocycles. The van der Waals surface area contributed by atoms with Crippen LogP contribution in [0.5, 0.6) is 0 Å². The molecule has 1 unspecified atom stereocenters. The summed E-state index contributed by atoms with van der Waals surface area (Å²) >= 11 is 0. The molecule has 0 saturated heterocycles. The summed E-state index contributed by atoms with van der Waals surface area (Å²) in [6.07, 6.45) is -2.82. The fourth-order valence-corrected chi connectivity index (χ4v) is 0.121. The van der Waals surface area contributed by atoms with Crippen LogP contribution in [0, 0.1) is 0 Å². The van der Waals surface area contributed by atoms with Gasteiger partial charge in [-0.3, -0.25) is 0 Å². The summed E-state index contributed by atoms with van der Waals surface area (Å²) in [5.74, 6) is 0. The van der Waals surface area contributed by atoms with Crippen LogP contribution in [0.15, 0.2) is 4.99 Å². The lowest BCUT2D eigenvalue weighted by Crippen LogP contribution is -2.22. The summed E-state index contributed by atoms with van der Waals surface area (Å²) in [6, 6.07) is 0. The number of aliphatic hydroxyl groups is 3. The number of hydrogen-bond acceptors (Lipinski definition) is 5. The van der Waals surface area contributed by atoms with Gasteiger partial charge in [0.05, 0.1) is 0 Å². The molecule has 0 aliphatic heterocycles. The van der Waals surface area contributed by atoms with E-state index in [0.717, 1.165) is 6.08 Å². The molecule has 3 N–H and O–H groups in total. The Morgan fingerprint density at radius 3 is 2.00 bits per heavy atom. The van der Waals surface area contributed by atoms with E-state index in [1.807, 2.05) is 0 Å². The molecule has 1 atom stereocenters. The highest BCUT2D eigenvalue weighted by Gasteiger charge is 2.08. The minimum Gasteiger partial charge on any atom is -0.367 e. The van der Waals surface area contributed by atoms with Gasteiger partial charge < -0.3 is 15.3 Å². The number of isocyanates is 1. The summed E-state index contributed by atoms with van der Waals surface area (Å²) in [7, 11) is 0. The van der Waals surface area contributed by atoms with E-state index in [2.05, 4.69) is 4.99 Å². The smallest absolute Gasteiger partial charge is 0.237 e. The van der Waals surface area contributed by atoms with E-state index in [9.17, 15) is 4.79 Å². The van der Waals surface area contributed by atoms with Gasteiger partial charge in [-0.25, -0.2) is 4.79 Å². The van der Waals surface area contributed by atoms with Crippen molar-refractivity contribution < 1.29 is 20.1 Å². The van der Waals surface area contributed by atoms with Crippen molar-refractivity contribution in [2.24, 2.45) is 4.99 Å². The molecule has 0 bridgehead atoms. The molecule has 0 spiro atoms. The Bertz CT molecular complexity index is 106. The van der Waals surface area contributed by atoms with E-state index in [1.54, 1.807) is 0 Å². The molecular weight excluding hydrogens is 114 g/mol. The van der Waals surface area contributed by atoms with Gasteiger partial charge in [-0.1, -0.05) is 0 Å². The Hall–Kier alpha value is -0.740. The number of nitrogens with zero attached hydrogens (tertiary/aromatic N) is 1. The Morgan fingerprint density at radius 2 is 1.88 bits per heavy atom. The average molecular weight is 119 g/mol. The molecule has 0 rings (SSSR count). The van der Waals surface area contributed by atoms with Crippen molar-refractivity contribution in [1.29, 1.82) is 0 Å². The Morgan fingerprint density at radius 1 is 1.38 bits per heavy atom. The largest absolute Gasteiger partial charge is 0.367 e. The first-order valence-electron chi connectivity index (χ1n) is 1.79. The molecule has 0 aromatic rings. The molecule has 0 aromatic heterocycles. The highest BCUT2D eigenvalue weighted by atomic mass is 16.5. The monoisotopic (exact) mass is 119 g/mol. The van der Waals surface area contributed by atoms with Crippen molar-refractivity contribution in [3.8, 4) is 0 Å². The Kier molecular flexibility index (Phi) is 2.98. The zero-order valence-electron chi connectivity index (χ0n) is 3.85. The maximum absolute atomic E-state index is 9.25. The van der Waals surface area contributed by atoms with E-state index in [0.29, 0.717) is 0 Å². The molecular formula is C3H5NO4. The number of rotatable bonds is 2. The van der Waals surface area contributed by atoms with Crippen molar-refractivity contribution >= 4 is 6.08 Å². The normalized spacial score (nSPS) is 13.0. The Balaban J connectivity index is 3.63. The first-order chi connectivity index (χ1) is 3.68. The van der Waals surface area contributed by atoms with Gasteiger partial charge in [-0.05, 0) is 0 Å². The standard InChI is InChI=1S/C3H5NO4/c5-1-4-2(6)3(7)8/h2-3,6-8H. The second-order valence-corrected chi connectivity index (χ2v) is 1.05.